The van der Waals surface area contributed by atoms with Gasteiger partial charge in [0, 0.05) is 0 Å². The van der Waals surface area contributed by atoms with Gasteiger partial charge in [0.15, 0.2) is 0 Å². The fourth-order valence-corrected chi connectivity index (χ4v) is 6.18. The minimum atomic E-state index is 1.07. The molecule has 0 N–H and O–H groups in total. The molecule has 0 aromatic carbocycles. The van der Waals surface area contributed by atoms with Crippen LogP contribution in [0.4, 0.5) is 0 Å². The van der Waals surface area contributed by atoms with E-state index in [-0.39, 0.29) is 0 Å². The Kier molecular flexibility index (Phi) is 0.738. The van der Waals surface area contributed by atoms with Gasteiger partial charge in [-0.1, -0.05) is 19.1 Å². The van der Waals surface area contributed by atoms with E-state index in [2.05, 4.69) is 19.1 Å². The van der Waals surface area contributed by atoms with Crippen LogP contribution in [0.5, 0.6) is 0 Å². The van der Waals surface area contributed by atoms with Crippen molar-refractivity contribution in [1.82, 2.24) is 0 Å². The van der Waals surface area contributed by atoms with Crippen molar-refractivity contribution in [2.75, 3.05) is 0 Å². The number of allylic oxidation sites excluding steroid dienone is 2. The Morgan fingerprint density at radius 1 is 0.846 bits per heavy atom. The molecule has 68 valence electrons. The number of hydrogen-bond donors (Lipinski definition) is 0. The monoisotopic (exact) mass is 172 g/mol. The standard InChI is InChI=1S/C13H16/c1-5-4-8-9(5)13-11-6-2-3-7(11)10(6)12(8)13/h2-3,5-13H,4H2,1H3. The van der Waals surface area contributed by atoms with Gasteiger partial charge >= 0.3 is 0 Å². The maximum Gasteiger partial charge on any atom is -0.0160 e. The average molecular weight is 172 g/mol. The second-order valence-corrected chi connectivity index (χ2v) is 6.30. The normalized spacial score (nSPS) is 79.3. The van der Waals surface area contributed by atoms with Gasteiger partial charge in [0.2, 0.25) is 0 Å². The van der Waals surface area contributed by atoms with E-state index in [9.17, 15) is 0 Å². The lowest BCUT2D eigenvalue weighted by Gasteiger charge is -2.61. The molecule has 5 saturated carbocycles. The van der Waals surface area contributed by atoms with Gasteiger partial charge < -0.3 is 0 Å². The van der Waals surface area contributed by atoms with E-state index >= 15 is 0 Å². The fraction of sp³-hybridized carbons (Fsp3) is 0.846. The van der Waals surface area contributed by atoms with Crippen LogP contribution in [-0.2, 0) is 0 Å². The lowest BCUT2D eigenvalue weighted by molar-refractivity contribution is -0.132. The van der Waals surface area contributed by atoms with Crippen LogP contribution in [0.2, 0.25) is 0 Å². The van der Waals surface area contributed by atoms with Crippen molar-refractivity contribution >= 4 is 0 Å². The molecule has 0 spiro atoms. The summed E-state index contributed by atoms with van der Waals surface area (Å²) in [6.07, 6.45) is 6.69. The minimum absolute atomic E-state index is 1.07. The van der Waals surface area contributed by atoms with Gasteiger partial charge in [-0.3, -0.25) is 0 Å². The molecule has 5 fully saturated rings. The van der Waals surface area contributed by atoms with Crippen LogP contribution in [0.3, 0.4) is 0 Å². The molecule has 7 rings (SSSR count). The van der Waals surface area contributed by atoms with Crippen LogP contribution >= 0.6 is 0 Å². The first kappa shape index (κ1) is 6.27. The van der Waals surface area contributed by atoms with E-state index in [1.54, 1.807) is 6.42 Å². The van der Waals surface area contributed by atoms with Crippen molar-refractivity contribution in [3.63, 3.8) is 0 Å². The summed E-state index contributed by atoms with van der Waals surface area (Å²) in [4.78, 5) is 0. The third-order valence-electron chi connectivity index (χ3n) is 6.40. The molecular weight excluding hydrogens is 156 g/mol. The Balaban J connectivity index is 1.61. The van der Waals surface area contributed by atoms with Crippen LogP contribution in [0.1, 0.15) is 13.3 Å². The predicted molar refractivity (Wildman–Crippen MR) is 50.8 cm³/mol. The second kappa shape index (κ2) is 1.53. The van der Waals surface area contributed by atoms with Crippen molar-refractivity contribution in [2.45, 2.75) is 13.3 Å². The first-order chi connectivity index (χ1) is 6.38. The molecule has 7 unspecified atom stereocenters. The van der Waals surface area contributed by atoms with Gasteiger partial charge in [0.1, 0.15) is 0 Å². The van der Waals surface area contributed by atoms with Crippen molar-refractivity contribution in [2.24, 2.45) is 53.3 Å². The van der Waals surface area contributed by atoms with E-state index < -0.39 is 0 Å². The topological polar surface area (TPSA) is 0 Å². The lowest BCUT2D eigenvalue weighted by Crippen LogP contribution is -2.56. The van der Waals surface area contributed by atoms with Crippen molar-refractivity contribution < 1.29 is 0 Å². The lowest BCUT2D eigenvalue weighted by atomic mass is 9.44. The fourth-order valence-electron chi connectivity index (χ4n) is 6.18. The summed E-state index contributed by atoms with van der Waals surface area (Å²) in [7, 11) is 0. The molecule has 7 aliphatic rings. The zero-order chi connectivity index (χ0) is 8.32. The Labute approximate surface area is 79.4 Å². The molecule has 7 atom stereocenters. The first-order valence-electron chi connectivity index (χ1n) is 6.06. The molecule has 0 heterocycles. The SMILES string of the molecule is CC1CC2C1C1C3C4C=CC3C4C21. The molecule has 0 aromatic rings. The molecular formula is C13H16. The first-order valence-corrected chi connectivity index (χ1v) is 6.06. The highest BCUT2D eigenvalue weighted by molar-refractivity contribution is 5.34. The van der Waals surface area contributed by atoms with Crippen LogP contribution in [-0.4, -0.2) is 0 Å². The zero-order valence-corrected chi connectivity index (χ0v) is 8.06. The summed E-state index contributed by atoms with van der Waals surface area (Å²) in [6.45, 7) is 2.49. The second-order valence-electron chi connectivity index (χ2n) is 6.30. The molecule has 0 aromatic heterocycles. The maximum absolute atomic E-state index is 2.56. The van der Waals surface area contributed by atoms with Gasteiger partial charge in [-0.15, -0.1) is 0 Å². The molecule has 0 amide bonds. The minimum Gasteiger partial charge on any atom is -0.0845 e. The highest BCUT2D eigenvalue weighted by atomic mass is 14.8. The summed E-state index contributed by atoms with van der Waals surface area (Å²) >= 11 is 0. The quantitative estimate of drug-likeness (QED) is 0.493. The molecule has 0 heteroatoms. The molecule has 13 heavy (non-hydrogen) atoms. The molecule has 7 aliphatic carbocycles. The summed E-state index contributed by atoms with van der Waals surface area (Å²) in [5.41, 5.74) is 0. The summed E-state index contributed by atoms with van der Waals surface area (Å²) in [6, 6.07) is 0. The van der Waals surface area contributed by atoms with E-state index in [0.29, 0.717) is 0 Å². The summed E-state index contributed by atoms with van der Waals surface area (Å²) in [5, 5.41) is 0. The van der Waals surface area contributed by atoms with Crippen LogP contribution in [0.25, 0.3) is 0 Å². The highest BCUT2D eigenvalue weighted by Crippen LogP contribution is 2.81. The van der Waals surface area contributed by atoms with Gasteiger partial charge in [-0.05, 0) is 59.7 Å². The van der Waals surface area contributed by atoms with Gasteiger partial charge in [-0.2, -0.15) is 0 Å². The third-order valence-corrected chi connectivity index (χ3v) is 6.40. The van der Waals surface area contributed by atoms with E-state index in [4.69, 9.17) is 0 Å². The van der Waals surface area contributed by atoms with E-state index in [1.807, 2.05) is 0 Å². The van der Waals surface area contributed by atoms with Crippen molar-refractivity contribution in [3.8, 4) is 0 Å². The van der Waals surface area contributed by atoms with Crippen LogP contribution in [0, 0.1) is 53.3 Å². The Bertz CT molecular complexity index is 315. The Hall–Kier alpha value is -0.260. The number of fused-ring (bicyclic) bond motifs is 1. The smallest absolute Gasteiger partial charge is 0.0160 e. The molecule has 0 nitrogen and oxygen atoms in total. The van der Waals surface area contributed by atoms with Gasteiger partial charge in [-0.25, -0.2) is 0 Å². The van der Waals surface area contributed by atoms with Crippen LogP contribution in [0.15, 0.2) is 12.2 Å². The average Bonchev–Trinajstić information content (AvgIpc) is 2.71. The van der Waals surface area contributed by atoms with Crippen molar-refractivity contribution in [3.05, 3.63) is 12.2 Å². The van der Waals surface area contributed by atoms with E-state index in [0.717, 1.165) is 29.6 Å². The largest absolute Gasteiger partial charge is 0.0845 e. The molecule has 0 radical (unpaired) electrons. The van der Waals surface area contributed by atoms with Crippen LogP contribution < -0.4 is 0 Å². The Morgan fingerprint density at radius 3 is 2.23 bits per heavy atom. The molecule has 0 saturated heterocycles. The number of hydrogen-bond acceptors (Lipinski definition) is 0. The predicted octanol–water partition coefficient (Wildman–Crippen LogP) is 2.57. The summed E-state index contributed by atoms with van der Waals surface area (Å²) in [5.74, 6) is 10.3. The summed E-state index contributed by atoms with van der Waals surface area (Å²) < 4.78 is 0. The Morgan fingerprint density at radius 2 is 1.54 bits per heavy atom. The van der Waals surface area contributed by atoms with Crippen molar-refractivity contribution in [1.29, 1.82) is 0 Å². The van der Waals surface area contributed by atoms with Gasteiger partial charge in [0.25, 0.3) is 0 Å². The third kappa shape index (κ3) is 0.400. The number of rotatable bonds is 0. The molecule has 0 aliphatic heterocycles. The van der Waals surface area contributed by atoms with Gasteiger partial charge in [0.05, 0.1) is 0 Å². The molecule has 4 bridgehead atoms. The maximum atomic E-state index is 2.56. The van der Waals surface area contributed by atoms with E-state index in [1.165, 1.54) is 23.7 Å². The zero-order valence-electron chi connectivity index (χ0n) is 8.06. The highest BCUT2D eigenvalue weighted by Gasteiger charge is 2.77.